The van der Waals surface area contributed by atoms with Gasteiger partial charge in [-0.25, -0.2) is 0 Å². The fraction of sp³-hybridized carbons (Fsp3) is 0.423. The number of nitrogens with zero attached hydrogens (tertiary/aromatic N) is 2. The molecule has 1 fully saturated rings. The summed E-state index contributed by atoms with van der Waals surface area (Å²) >= 11 is 0. The SMILES string of the molecule is COc1cc(C#N)ccc1OCCCC(=O)NC(C)CC(=O)Nc1cccc(N2CCCC2)c1. The number of hydrogen-bond acceptors (Lipinski definition) is 6. The Bertz CT molecular complexity index is 1030. The zero-order chi connectivity index (χ0) is 24.3. The van der Waals surface area contributed by atoms with Gasteiger partial charge in [-0.3, -0.25) is 9.59 Å². The molecule has 2 aromatic rings. The second-order valence-electron chi connectivity index (χ2n) is 8.39. The van der Waals surface area contributed by atoms with Gasteiger partial charge >= 0.3 is 0 Å². The van der Waals surface area contributed by atoms with Gasteiger partial charge in [0.1, 0.15) is 0 Å². The number of carbonyl (C=O) groups excluding carboxylic acids is 2. The Morgan fingerprint density at radius 1 is 1.12 bits per heavy atom. The maximum Gasteiger partial charge on any atom is 0.226 e. The summed E-state index contributed by atoms with van der Waals surface area (Å²) in [4.78, 5) is 27.0. The van der Waals surface area contributed by atoms with Gasteiger partial charge in [0.25, 0.3) is 0 Å². The Hall–Kier alpha value is -3.73. The number of methoxy groups -OCH3 is 1. The van der Waals surface area contributed by atoms with E-state index in [0.717, 1.165) is 24.5 Å². The van der Waals surface area contributed by atoms with Gasteiger partial charge in [-0.1, -0.05) is 6.07 Å². The smallest absolute Gasteiger partial charge is 0.226 e. The van der Waals surface area contributed by atoms with E-state index in [-0.39, 0.29) is 30.7 Å². The molecule has 1 atom stereocenters. The summed E-state index contributed by atoms with van der Waals surface area (Å²) in [6.07, 6.45) is 3.38. The van der Waals surface area contributed by atoms with Crippen LogP contribution in [-0.2, 0) is 9.59 Å². The van der Waals surface area contributed by atoms with Gasteiger partial charge in [-0.15, -0.1) is 0 Å². The Balaban J connectivity index is 1.36. The molecule has 0 radical (unpaired) electrons. The largest absolute Gasteiger partial charge is 0.493 e. The lowest BCUT2D eigenvalue weighted by Crippen LogP contribution is -2.35. The number of hydrogen-bond donors (Lipinski definition) is 2. The first-order valence-corrected chi connectivity index (χ1v) is 11.6. The normalized spacial score (nSPS) is 13.6. The Morgan fingerprint density at radius 3 is 2.65 bits per heavy atom. The second-order valence-corrected chi connectivity index (χ2v) is 8.39. The van der Waals surface area contributed by atoms with Crippen molar-refractivity contribution in [3.05, 3.63) is 48.0 Å². The molecule has 0 aliphatic carbocycles. The molecule has 0 aromatic heterocycles. The summed E-state index contributed by atoms with van der Waals surface area (Å²) in [6, 6.07) is 14.6. The Labute approximate surface area is 200 Å². The van der Waals surface area contributed by atoms with Crippen molar-refractivity contribution >= 4 is 23.2 Å². The van der Waals surface area contributed by atoms with Crippen molar-refractivity contribution in [1.29, 1.82) is 5.26 Å². The minimum Gasteiger partial charge on any atom is -0.493 e. The molecule has 0 bridgehead atoms. The van der Waals surface area contributed by atoms with Gasteiger partial charge < -0.3 is 25.0 Å². The third-order valence-corrected chi connectivity index (χ3v) is 5.60. The number of carbonyl (C=O) groups is 2. The standard InChI is InChI=1S/C26H32N4O4/c1-19(15-26(32)29-21-7-5-8-22(17-21)30-12-3-4-13-30)28-25(31)9-6-14-34-23-11-10-20(18-27)16-24(23)33-2/h5,7-8,10-11,16-17,19H,3-4,6,9,12-15H2,1-2H3,(H,28,31)(H,29,32). The highest BCUT2D eigenvalue weighted by Gasteiger charge is 2.15. The minimum atomic E-state index is -0.284. The fourth-order valence-corrected chi connectivity index (χ4v) is 3.92. The molecule has 3 rings (SSSR count). The Kier molecular flexibility index (Phi) is 9.15. The van der Waals surface area contributed by atoms with Crippen molar-refractivity contribution in [1.82, 2.24) is 5.32 Å². The van der Waals surface area contributed by atoms with Crippen LogP contribution in [-0.4, -0.2) is 44.7 Å². The van der Waals surface area contributed by atoms with Crippen LogP contribution < -0.4 is 25.0 Å². The zero-order valence-corrected chi connectivity index (χ0v) is 19.8. The molecule has 1 aliphatic rings. The highest BCUT2D eigenvalue weighted by Crippen LogP contribution is 2.28. The van der Waals surface area contributed by atoms with Crippen LogP contribution >= 0.6 is 0 Å². The molecule has 1 saturated heterocycles. The van der Waals surface area contributed by atoms with E-state index in [1.165, 1.54) is 20.0 Å². The molecule has 8 heteroatoms. The van der Waals surface area contributed by atoms with Crippen LogP contribution in [0.5, 0.6) is 11.5 Å². The summed E-state index contributed by atoms with van der Waals surface area (Å²) in [5.41, 5.74) is 2.38. The van der Waals surface area contributed by atoms with Crippen molar-refractivity contribution in [3.63, 3.8) is 0 Å². The van der Waals surface area contributed by atoms with Crippen molar-refractivity contribution in [3.8, 4) is 17.6 Å². The topological polar surface area (TPSA) is 104 Å². The molecular formula is C26H32N4O4. The number of ether oxygens (including phenoxy) is 2. The van der Waals surface area contributed by atoms with E-state index in [9.17, 15) is 9.59 Å². The van der Waals surface area contributed by atoms with Crippen LogP contribution in [0.25, 0.3) is 0 Å². The molecule has 2 amide bonds. The van der Waals surface area contributed by atoms with E-state index in [4.69, 9.17) is 14.7 Å². The van der Waals surface area contributed by atoms with E-state index in [1.54, 1.807) is 18.2 Å². The summed E-state index contributed by atoms with van der Waals surface area (Å²) in [6.45, 7) is 4.24. The van der Waals surface area contributed by atoms with E-state index in [1.807, 2.05) is 25.1 Å². The second kappa shape index (κ2) is 12.5. The predicted molar refractivity (Wildman–Crippen MR) is 131 cm³/mol. The number of rotatable bonds is 11. The van der Waals surface area contributed by atoms with Crippen LogP contribution in [0.15, 0.2) is 42.5 Å². The summed E-state index contributed by atoms with van der Waals surface area (Å²) in [5, 5.41) is 14.8. The van der Waals surface area contributed by atoms with Crippen molar-refractivity contribution < 1.29 is 19.1 Å². The molecule has 34 heavy (non-hydrogen) atoms. The van der Waals surface area contributed by atoms with Crippen LogP contribution in [0, 0.1) is 11.3 Å². The lowest BCUT2D eigenvalue weighted by atomic mass is 10.2. The summed E-state index contributed by atoms with van der Waals surface area (Å²) < 4.78 is 10.9. The van der Waals surface area contributed by atoms with E-state index >= 15 is 0 Å². The van der Waals surface area contributed by atoms with Gasteiger partial charge in [0, 0.05) is 49.4 Å². The highest BCUT2D eigenvalue weighted by molar-refractivity contribution is 5.92. The van der Waals surface area contributed by atoms with Crippen LogP contribution in [0.3, 0.4) is 0 Å². The molecule has 0 spiro atoms. The number of benzene rings is 2. The first-order chi connectivity index (χ1) is 16.5. The van der Waals surface area contributed by atoms with Crippen molar-refractivity contribution in [2.45, 2.75) is 45.1 Å². The van der Waals surface area contributed by atoms with E-state index in [0.29, 0.717) is 30.1 Å². The lowest BCUT2D eigenvalue weighted by molar-refractivity contribution is -0.122. The molecule has 1 heterocycles. The molecule has 0 saturated carbocycles. The summed E-state index contributed by atoms with van der Waals surface area (Å²) in [5.74, 6) is 0.740. The number of anilines is 2. The average Bonchev–Trinajstić information content (AvgIpc) is 3.37. The minimum absolute atomic E-state index is 0.133. The molecule has 2 N–H and O–H groups in total. The maximum absolute atomic E-state index is 12.4. The van der Waals surface area contributed by atoms with E-state index < -0.39 is 0 Å². The van der Waals surface area contributed by atoms with Gasteiger partial charge in [0.2, 0.25) is 11.8 Å². The quantitative estimate of drug-likeness (QED) is 0.490. The maximum atomic E-state index is 12.4. The molecule has 2 aromatic carbocycles. The number of amides is 2. The average molecular weight is 465 g/mol. The number of nitrogens with one attached hydrogen (secondary N) is 2. The molecule has 1 unspecified atom stereocenters. The van der Waals surface area contributed by atoms with E-state index in [2.05, 4.69) is 27.7 Å². The third kappa shape index (κ3) is 7.41. The molecule has 8 nitrogen and oxygen atoms in total. The number of nitriles is 1. The van der Waals surface area contributed by atoms with Crippen LogP contribution in [0.1, 0.15) is 44.6 Å². The first-order valence-electron chi connectivity index (χ1n) is 11.6. The first kappa shape index (κ1) is 24.9. The fourth-order valence-electron chi connectivity index (χ4n) is 3.92. The van der Waals surface area contributed by atoms with Gasteiger partial charge in [0.05, 0.1) is 25.3 Å². The molecule has 180 valence electrons. The van der Waals surface area contributed by atoms with Gasteiger partial charge in [0.15, 0.2) is 11.5 Å². The highest BCUT2D eigenvalue weighted by atomic mass is 16.5. The van der Waals surface area contributed by atoms with Gasteiger partial charge in [-0.2, -0.15) is 5.26 Å². The monoisotopic (exact) mass is 464 g/mol. The molecular weight excluding hydrogens is 432 g/mol. The van der Waals surface area contributed by atoms with Crippen molar-refractivity contribution in [2.75, 3.05) is 37.0 Å². The third-order valence-electron chi connectivity index (χ3n) is 5.60. The Morgan fingerprint density at radius 2 is 1.91 bits per heavy atom. The van der Waals surface area contributed by atoms with Crippen molar-refractivity contribution in [2.24, 2.45) is 0 Å². The van der Waals surface area contributed by atoms with Crippen LogP contribution in [0.4, 0.5) is 11.4 Å². The predicted octanol–water partition coefficient (Wildman–Crippen LogP) is 3.86. The van der Waals surface area contributed by atoms with Gasteiger partial charge in [-0.05, 0) is 56.5 Å². The van der Waals surface area contributed by atoms with Crippen LogP contribution in [0.2, 0.25) is 0 Å². The zero-order valence-electron chi connectivity index (χ0n) is 19.8. The molecule has 1 aliphatic heterocycles. The summed E-state index contributed by atoms with van der Waals surface area (Å²) in [7, 11) is 1.51. The lowest BCUT2D eigenvalue weighted by Gasteiger charge is -2.19.